The minimum atomic E-state index is -0.994. The molecule has 0 bridgehead atoms. The van der Waals surface area contributed by atoms with Gasteiger partial charge in [-0.2, -0.15) is 0 Å². The molecular weight excluding hydrogens is 440 g/mol. The number of hydrogen-bond acceptors (Lipinski definition) is 1. The molecule has 0 aromatic heterocycles. The number of halogens is 4. The van der Waals surface area contributed by atoms with Crippen molar-refractivity contribution in [2.75, 3.05) is 13.3 Å². The summed E-state index contributed by atoms with van der Waals surface area (Å²) in [4.78, 5) is 0. The van der Waals surface area contributed by atoms with Crippen molar-refractivity contribution < 1.29 is 22.3 Å². The average molecular weight is 471 g/mol. The first-order valence-electron chi connectivity index (χ1n) is 12.1. The highest BCUT2D eigenvalue weighted by Crippen LogP contribution is 2.38. The van der Waals surface area contributed by atoms with Crippen LogP contribution in [0.1, 0.15) is 56.9 Å². The molecule has 0 aliphatic heterocycles. The lowest BCUT2D eigenvalue weighted by molar-refractivity contribution is 0.251. The number of alkyl halides is 1. The van der Waals surface area contributed by atoms with Crippen LogP contribution in [-0.4, -0.2) is 13.3 Å². The molecule has 5 heteroatoms. The third kappa shape index (κ3) is 5.45. The summed E-state index contributed by atoms with van der Waals surface area (Å²) in [5, 5.41) is 0. The molecule has 4 rings (SSSR count). The van der Waals surface area contributed by atoms with Crippen LogP contribution in [0.3, 0.4) is 0 Å². The summed E-state index contributed by atoms with van der Waals surface area (Å²) in [6.45, 7) is 0.936. The van der Waals surface area contributed by atoms with Crippen molar-refractivity contribution in [2.45, 2.75) is 51.4 Å². The highest BCUT2D eigenvalue weighted by atomic mass is 19.1. The number of hydrogen-bond donors (Lipinski definition) is 0. The van der Waals surface area contributed by atoms with E-state index in [1.54, 1.807) is 6.07 Å². The summed E-state index contributed by atoms with van der Waals surface area (Å²) in [7, 11) is 0. The Morgan fingerprint density at radius 3 is 1.97 bits per heavy atom. The monoisotopic (exact) mass is 470 g/mol. The van der Waals surface area contributed by atoms with Crippen LogP contribution < -0.4 is 4.74 Å². The molecule has 3 aromatic rings. The van der Waals surface area contributed by atoms with Crippen LogP contribution >= 0.6 is 0 Å². The van der Waals surface area contributed by atoms with E-state index in [1.807, 2.05) is 12.1 Å². The molecule has 0 saturated heterocycles. The second-order valence-electron chi connectivity index (χ2n) is 9.13. The number of benzene rings is 3. The van der Waals surface area contributed by atoms with E-state index in [4.69, 9.17) is 4.74 Å². The Morgan fingerprint density at radius 2 is 1.38 bits per heavy atom. The van der Waals surface area contributed by atoms with Crippen LogP contribution in [0.15, 0.2) is 54.6 Å². The largest absolute Gasteiger partial charge is 0.485 e. The molecule has 1 aliphatic rings. The summed E-state index contributed by atoms with van der Waals surface area (Å²) in [5.74, 6) is -1.77. The van der Waals surface area contributed by atoms with Crippen LogP contribution in [0, 0.1) is 23.4 Å². The van der Waals surface area contributed by atoms with Gasteiger partial charge in [0.05, 0.1) is 0 Å². The molecule has 1 nitrogen and oxygen atoms in total. The summed E-state index contributed by atoms with van der Waals surface area (Å²) < 4.78 is 60.4. The van der Waals surface area contributed by atoms with Crippen molar-refractivity contribution in [3.63, 3.8) is 0 Å². The van der Waals surface area contributed by atoms with E-state index in [9.17, 15) is 17.6 Å². The van der Waals surface area contributed by atoms with Crippen LogP contribution in [0.2, 0.25) is 0 Å². The molecule has 1 aliphatic carbocycles. The van der Waals surface area contributed by atoms with Crippen LogP contribution in [0.5, 0.6) is 5.75 Å². The summed E-state index contributed by atoms with van der Waals surface area (Å²) in [6, 6.07) is 14.9. The molecule has 1 fully saturated rings. The lowest BCUT2D eigenvalue weighted by Gasteiger charge is -2.28. The Morgan fingerprint density at radius 1 is 0.765 bits per heavy atom. The molecule has 0 N–H and O–H groups in total. The van der Waals surface area contributed by atoms with Crippen molar-refractivity contribution in [2.24, 2.45) is 5.92 Å². The minimum absolute atomic E-state index is 0.0562. The minimum Gasteiger partial charge on any atom is -0.485 e. The molecule has 1 saturated carbocycles. The molecule has 0 atom stereocenters. The molecule has 34 heavy (non-hydrogen) atoms. The van der Waals surface area contributed by atoms with Crippen molar-refractivity contribution >= 4 is 0 Å². The summed E-state index contributed by atoms with van der Waals surface area (Å²) in [5.41, 5.74) is 3.06. The third-order valence-electron chi connectivity index (χ3n) is 6.86. The second kappa shape index (κ2) is 11.1. The predicted molar refractivity (Wildman–Crippen MR) is 128 cm³/mol. The van der Waals surface area contributed by atoms with Crippen molar-refractivity contribution in [1.82, 2.24) is 0 Å². The fourth-order valence-corrected chi connectivity index (χ4v) is 5.06. The Kier molecular flexibility index (Phi) is 7.91. The summed E-state index contributed by atoms with van der Waals surface area (Å²) in [6.07, 6.45) is 7.59. The Hall–Kier alpha value is -2.82. The molecule has 0 heterocycles. The predicted octanol–water partition coefficient (Wildman–Crippen LogP) is 8.86. The van der Waals surface area contributed by atoms with Crippen molar-refractivity contribution in [3.05, 3.63) is 77.6 Å². The number of ether oxygens (including phenoxy) is 1. The lowest BCUT2D eigenvalue weighted by atomic mass is 9.77. The normalized spacial score (nSPS) is 18.1. The highest BCUT2D eigenvalue weighted by molar-refractivity contribution is 5.71. The molecule has 0 amide bonds. The van der Waals surface area contributed by atoms with Crippen molar-refractivity contribution in [1.29, 1.82) is 0 Å². The quantitative estimate of drug-likeness (QED) is 0.299. The van der Waals surface area contributed by atoms with Gasteiger partial charge in [0.15, 0.2) is 17.4 Å². The average Bonchev–Trinajstić information content (AvgIpc) is 2.84. The van der Waals surface area contributed by atoms with Gasteiger partial charge in [0.1, 0.15) is 19.1 Å². The van der Waals surface area contributed by atoms with E-state index in [1.165, 1.54) is 56.2 Å². The van der Waals surface area contributed by atoms with Gasteiger partial charge in [-0.25, -0.2) is 17.6 Å². The van der Waals surface area contributed by atoms with E-state index >= 15 is 0 Å². The van der Waals surface area contributed by atoms with Crippen LogP contribution in [-0.2, 0) is 0 Å². The van der Waals surface area contributed by atoms with Gasteiger partial charge >= 0.3 is 0 Å². The molecule has 0 radical (unpaired) electrons. The molecular formula is C29H30F4O. The summed E-state index contributed by atoms with van der Waals surface area (Å²) >= 11 is 0. The lowest BCUT2D eigenvalue weighted by Crippen LogP contribution is -2.13. The first-order valence-corrected chi connectivity index (χ1v) is 12.1. The van der Waals surface area contributed by atoms with E-state index < -0.39 is 36.5 Å². The fraction of sp³-hybridized carbons (Fsp3) is 0.379. The second-order valence-corrected chi connectivity index (χ2v) is 9.13. The zero-order valence-corrected chi connectivity index (χ0v) is 19.4. The molecule has 0 unspecified atom stereocenters. The molecule has 0 spiro atoms. The Labute approximate surface area is 198 Å². The van der Waals surface area contributed by atoms with Gasteiger partial charge in [0, 0.05) is 5.56 Å². The maximum atomic E-state index is 14.9. The van der Waals surface area contributed by atoms with Gasteiger partial charge in [0.2, 0.25) is 0 Å². The van der Waals surface area contributed by atoms with E-state index in [2.05, 4.69) is 19.1 Å². The zero-order chi connectivity index (χ0) is 24.1. The Balaban J connectivity index is 1.49. The van der Waals surface area contributed by atoms with Gasteiger partial charge in [-0.15, -0.1) is 0 Å². The Bertz CT molecular complexity index is 1080. The van der Waals surface area contributed by atoms with Gasteiger partial charge < -0.3 is 4.74 Å². The standard InChI is InChI=1S/C29H30F4O/c1-2-3-19-4-6-20(7-5-19)21-8-10-22(11-9-21)23-12-13-25(26(31)16-23)24-17-27(32)29(28(33)18-24)34-15-14-30/h8-13,16-20H,2-7,14-15H2,1H3. The molecule has 180 valence electrons. The topological polar surface area (TPSA) is 9.23 Å². The SMILES string of the molecule is CCCC1CCC(c2ccc(-c3ccc(-c4cc(F)c(OCCF)c(F)c4)c(F)c3)cc2)CC1. The van der Waals surface area contributed by atoms with Gasteiger partial charge in [-0.05, 0) is 78.0 Å². The number of rotatable bonds is 8. The van der Waals surface area contributed by atoms with Gasteiger partial charge in [-0.1, -0.05) is 56.2 Å². The van der Waals surface area contributed by atoms with Gasteiger partial charge in [0.25, 0.3) is 0 Å². The fourth-order valence-electron chi connectivity index (χ4n) is 5.06. The maximum absolute atomic E-state index is 14.9. The van der Waals surface area contributed by atoms with E-state index in [-0.39, 0.29) is 11.1 Å². The van der Waals surface area contributed by atoms with E-state index in [0.29, 0.717) is 11.5 Å². The first-order chi connectivity index (χ1) is 16.5. The van der Waals surface area contributed by atoms with Crippen LogP contribution in [0.25, 0.3) is 22.3 Å². The first kappa shape index (κ1) is 24.3. The van der Waals surface area contributed by atoms with Gasteiger partial charge in [-0.3, -0.25) is 0 Å². The van der Waals surface area contributed by atoms with E-state index in [0.717, 1.165) is 23.6 Å². The maximum Gasteiger partial charge on any atom is 0.190 e. The van der Waals surface area contributed by atoms with Crippen LogP contribution in [0.4, 0.5) is 17.6 Å². The highest BCUT2D eigenvalue weighted by Gasteiger charge is 2.22. The zero-order valence-electron chi connectivity index (χ0n) is 19.4. The van der Waals surface area contributed by atoms with Crippen molar-refractivity contribution in [3.8, 4) is 28.0 Å². The third-order valence-corrected chi connectivity index (χ3v) is 6.86. The smallest absolute Gasteiger partial charge is 0.190 e. The molecule has 3 aromatic carbocycles.